The second-order valence-electron chi connectivity index (χ2n) is 8.36. The lowest BCUT2D eigenvalue weighted by Crippen LogP contribution is -2.35. The number of esters is 1. The molecule has 6 heteroatoms. The summed E-state index contributed by atoms with van der Waals surface area (Å²) in [4.78, 5) is 39.0. The van der Waals surface area contributed by atoms with Crippen LogP contribution in [0.2, 0.25) is 0 Å². The van der Waals surface area contributed by atoms with E-state index in [0.29, 0.717) is 37.2 Å². The molecule has 2 amide bonds. The smallest absolute Gasteiger partial charge is 0.338 e. The Labute approximate surface area is 186 Å². The maximum atomic E-state index is 13.4. The van der Waals surface area contributed by atoms with Crippen molar-refractivity contribution in [3.63, 3.8) is 0 Å². The highest BCUT2D eigenvalue weighted by molar-refractivity contribution is 6.10. The monoisotopic (exact) mass is 428 g/mol. The number of hydrogen-bond donors (Lipinski definition) is 1. The number of fused-ring (bicyclic) bond motifs is 2. The quantitative estimate of drug-likeness (QED) is 0.644. The zero-order valence-corrected chi connectivity index (χ0v) is 17.8. The summed E-state index contributed by atoms with van der Waals surface area (Å²) in [6.07, 6.45) is 0.491. The zero-order chi connectivity index (χ0) is 22.2. The highest BCUT2D eigenvalue weighted by Gasteiger charge is 2.41. The molecule has 0 spiro atoms. The maximum Gasteiger partial charge on any atom is 0.338 e. The minimum atomic E-state index is -0.350. The van der Waals surface area contributed by atoms with Crippen LogP contribution in [0.1, 0.15) is 34.1 Å². The van der Waals surface area contributed by atoms with Gasteiger partial charge in [0.2, 0.25) is 5.91 Å². The summed E-state index contributed by atoms with van der Waals surface area (Å²) in [7, 11) is 0. The standard InChI is InChI=1S/C26H24N2O4/c1-2-32-26(31)17-7-3-6-16(12-17)19-8-4-10-21-20(19)9-5-11-22(21)25(30)28-14-18-13-24(29)27-23(18)15-28/h3-12,18,23H,2,13-15H2,1H3,(H,27,29)/t18-,23+/m0/s1. The van der Waals surface area contributed by atoms with Crippen molar-refractivity contribution in [2.24, 2.45) is 5.92 Å². The third-order valence-corrected chi connectivity index (χ3v) is 6.36. The van der Waals surface area contributed by atoms with E-state index in [4.69, 9.17) is 4.74 Å². The third-order valence-electron chi connectivity index (χ3n) is 6.36. The number of nitrogens with zero attached hydrogens (tertiary/aromatic N) is 1. The lowest BCUT2D eigenvalue weighted by atomic mass is 9.94. The molecule has 0 aromatic heterocycles. The van der Waals surface area contributed by atoms with Gasteiger partial charge in [0.1, 0.15) is 0 Å². The van der Waals surface area contributed by atoms with Gasteiger partial charge in [-0.15, -0.1) is 0 Å². The number of nitrogens with one attached hydrogen (secondary N) is 1. The Hall–Kier alpha value is -3.67. The molecule has 2 saturated heterocycles. The molecule has 162 valence electrons. The van der Waals surface area contributed by atoms with Crippen LogP contribution in [0.15, 0.2) is 60.7 Å². The van der Waals surface area contributed by atoms with E-state index < -0.39 is 0 Å². The molecule has 0 aliphatic carbocycles. The highest BCUT2D eigenvalue weighted by atomic mass is 16.5. The average Bonchev–Trinajstić information content (AvgIpc) is 3.35. The first-order valence-corrected chi connectivity index (χ1v) is 10.9. The molecule has 5 rings (SSSR count). The molecule has 2 aliphatic heterocycles. The van der Waals surface area contributed by atoms with Crippen LogP contribution in [0.25, 0.3) is 21.9 Å². The van der Waals surface area contributed by atoms with Crippen molar-refractivity contribution in [2.75, 3.05) is 19.7 Å². The first-order valence-electron chi connectivity index (χ1n) is 10.9. The summed E-state index contributed by atoms with van der Waals surface area (Å²) in [6, 6.07) is 19.1. The second kappa shape index (κ2) is 8.11. The van der Waals surface area contributed by atoms with Crippen molar-refractivity contribution in [1.82, 2.24) is 10.2 Å². The Kier molecular flexibility index (Phi) is 5.13. The molecular formula is C26H24N2O4. The van der Waals surface area contributed by atoms with Crippen molar-refractivity contribution < 1.29 is 19.1 Å². The molecule has 2 atom stereocenters. The van der Waals surface area contributed by atoms with Crippen LogP contribution in [0.4, 0.5) is 0 Å². The van der Waals surface area contributed by atoms with Crippen LogP contribution in [-0.4, -0.2) is 48.4 Å². The van der Waals surface area contributed by atoms with Gasteiger partial charge in [-0.2, -0.15) is 0 Å². The maximum absolute atomic E-state index is 13.4. The highest BCUT2D eigenvalue weighted by Crippen LogP contribution is 2.33. The normalized spacial score (nSPS) is 19.7. The van der Waals surface area contributed by atoms with Crippen molar-refractivity contribution >= 4 is 28.6 Å². The minimum Gasteiger partial charge on any atom is -0.462 e. The number of benzene rings is 3. The summed E-state index contributed by atoms with van der Waals surface area (Å²) in [5.74, 6) is -0.0941. The summed E-state index contributed by atoms with van der Waals surface area (Å²) < 4.78 is 5.14. The molecule has 2 fully saturated rings. The lowest BCUT2D eigenvalue weighted by Gasteiger charge is -2.19. The molecule has 2 aliphatic rings. The van der Waals surface area contributed by atoms with E-state index in [9.17, 15) is 14.4 Å². The van der Waals surface area contributed by atoms with Crippen LogP contribution in [-0.2, 0) is 9.53 Å². The summed E-state index contributed by atoms with van der Waals surface area (Å²) in [6.45, 7) is 3.25. The Morgan fingerprint density at radius 1 is 1.03 bits per heavy atom. The molecular weight excluding hydrogens is 404 g/mol. The Bertz CT molecular complexity index is 1220. The predicted octanol–water partition coefficient (Wildman–Crippen LogP) is 3.64. The zero-order valence-electron chi connectivity index (χ0n) is 17.8. The van der Waals surface area contributed by atoms with Crippen LogP contribution >= 0.6 is 0 Å². The average molecular weight is 428 g/mol. The summed E-state index contributed by atoms with van der Waals surface area (Å²) in [5, 5.41) is 4.80. The van der Waals surface area contributed by atoms with Gasteiger partial charge in [-0.1, -0.05) is 42.5 Å². The van der Waals surface area contributed by atoms with Crippen LogP contribution in [0.5, 0.6) is 0 Å². The van der Waals surface area contributed by atoms with E-state index in [0.717, 1.165) is 21.9 Å². The molecule has 0 unspecified atom stereocenters. The van der Waals surface area contributed by atoms with E-state index in [2.05, 4.69) is 5.32 Å². The van der Waals surface area contributed by atoms with Crippen molar-refractivity contribution in [1.29, 1.82) is 0 Å². The van der Waals surface area contributed by atoms with Gasteiger partial charge in [0.25, 0.3) is 5.91 Å². The molecule has 2 heterocycles. The van der Waals surface area contributed by atoms with Gasteiger partial charge in [0.15, 0.2) is 0 Å². The van der Waals surface area contributed by atoms with E-state index >= 15 is 0 Å². The van der Waals surface area contributed by atoms with E-state index in [1.165, 1.54) is 0 Å². The van der Waals surface area contributed by atoms with Crippen molar-refractivity contribution in [3.05, 3.63) is 71.8 Å². The van der Waals surface area contributed by atoms with E-state index in [1.807, 2.05) is 59.5 Å². The molecule has 0 bridgehead atoms. The molecule has 6 nitrogen and oxygen atoms in total. The number of hydrogen-bond acceptors (Lipinski definition) is 4. The first kappa shape index (κ1) is 20.2. The molecule has 0 saturated carbocycles. The fourth-order valence-corrected chi connectivity index (χ4v) is 4.86. The van der Waals surface area contributed by atoms with Gasteiger partial charge < -0.3 is 15.0 Å². The van der Waals surface area contributed by atoms with Gasteiger partial charge in [-0.25, -0.2) is 4.79 Å². The van der Waals surface area contributed by atoms with Crippen molar-refractivity contribution in [3.8, 4) is 11.1 Å². The number of amides is 2. The van der Waals surface area contributed by atoms with E-state index in [1.54, 1.807) is 13.0 Å². The lowest BCUT2D eigenvalue weighted by molar-refractivity contribution is -0.119. The Morgan fingerprint density at radius 3 is 2.62 bits per heavy atom. The van der Waals surface area contributed by atoms with Gasteiger partial charge in [0.05, 0.1) is 18.2 Å². The number of carbonyl (C=O) groups excluding carboxylic acids is 3. The second-order valence-corrected chi connectivity index (χ2v) is 8.36. The summed E-state index contributed by atoms with van der Waals surface area (Å²) in [5.41, 5.74) is 2.99. The van der Waals surface area contributed by atoms with Gasteiger partial charge in [-0.3, -0.25) is 9.59 Å². The summed E-state index contributed by atoms with van der Waals surface area (Å²) >= 11 is 0. The van der Waals surface area contributed by atoms with Crippen LogP contribution < -0.4 is 5.32 Å². The molecule has 32 heavy (non-hydrogen) atoms. The fraction of sp³-hybridized carbons (Fsp3) is 0.269. The van der Waals surface area contributed by atoms with Crippen LogP contribution in [0, 0.1) is 5.92 Å². The predicted molar refractivity (Wildman–Crippen MR) is 121 cm³/mol. The Balaban J connectivity index is 1.50. The third kappa shape index (κ3) is 3.51. The van der Waals surface area contributed by atoms with Crippen LogP contribution in [0.3, 0.4) is 0 Å². The number of rotatable bonds is 4. The first-order chi connectivity index (χ1) is 15.5. The fourth-order valence-electron chi connectivity index (χ4n) is 4.86. The molecule has 0 radical (unpaired) electrons. The van der Waals surface area contributed by atoms with Gasteiger partial charge in [0, 0.05) is 31.0 Å². The van der Waals surface area contributed by atoms with Crippen molar-refractivity contribution in [2.45, 2.75) is 19.4 Å². The largest absolute Gasteiger partial charge is 0.462 e. The number of ether oxygens (including phenoxy) is 1. The molecule has 1 N–H and O–H groups in total. The van der Waals surface area contributed by atoms with E-state index in [-0.39, 0.29) is 29.7 Å². The minimum absolute atomic E-state index is 0.0170. The SMILES string of the molecule is CCOC(=O)c1cccc(-c2cccc3c(C(=O)N4C[C@@H]5CC(=O)N[C@@H]5C4)cccc23)c1. The topological polar surface area (TPSA) is 75.7 Å². The molecule has 3 aromatic carbocycles. The van der Waals surface area contributed by atoms with Gasteiger partial charge in [-0.05, 0) is 47.0 Å². The number of carbonyl (C=O) groups is 3. The molecule has 3 aromatic rings. The number of likely N-dealkylation sites (tertiary alicyclic amines) is 1. The van der Waals surface area contributed by atoms with Gasteiger partial charge >= 0.3 is 5.97 Å². The Morgan fingerprint density at radius 2 is 1.81 bits per heavy atom.